The van der Waals surface area contributed by atoms with Crippen LogP contribution in [0.4, 0.5) is 5.69 Å². The van der Waals surface area contributed by atoms with Gasteiger partial charge >= 0.3 is 0 Å². The highest BCUT2D eigenvalue weighted by Crippen LogP contribution is 2.47. The first-order valence-corrected chi connectivity index (χ1v) is 9.88. The normalized spacial score (nSPS) is 18.9. The molecule has 4 rings (SSSR count). The number of benzene rings is 1. The number of hydrogen-bond donors (Lipinski definition) is 0. The average molecular weight is 408 g/mol. The van der Waals surface area contributed by atoms with E-state index < -0.39 is 0 Å². The van der Waals surface area contributed by atoms with Crippen molar-refractivity contribution in [3.05, 3.63) is 53.5 Å². The summed E-state index contributed by atoms with van der Waals surface area (Å²) in [5.41, 5.74) is 2.95. The topological polar surface area (TPSA) is 78.0 Å². The maximum absolute atomic E-state index is 13.2. The molecule has 1 aliphatic carbocycles. The summed E-state index contributed by atoms with van der Waals surface area (Å²) in [6.07, 6.45) is 5.37. The summed E-state index contributed by atoms with van der Waals surface area (Å²) in [5, 5.41) is 0. The van der Waals surface area contributed by atoms with Crippen molar-refractivity contribution in [1.29, 1.82) is 0 Å². The van der Waals surface area contributed by atoms with Gasteiger partial charge in [-0.15, -0.1) is 0 Å². The van der Waals surface area contributed by atoms with E-state index in [4.69, 9.17) is 14.2 Å². The Morgan fingerprint density at radius 2 is 1.77 bits per heavy atom. The third-order valence-electron chi connectivity index (χ3n) is 5.67. The van der Waals surface area contributed by atoms with Gasteiger partial charge in [-0.05, 0) is 42.7 Å². The number of Topliss-reactive ketones (excluding diaryl/α,β-unsaturated/α-hetero) is 1. The molecule has 156 valence electrons. The number of pyridine rings is 1. The molecule has 0 saturated carbocycles. The van der Waals surface area contributed by atoms with E-state index in [1.807, 2.05) is 18.2 Å². The fourth-order valence-electron chi connectivity index (χ4n) is 4.37. The number of rotatable bonds is 5. The molecule has 2 aromatic rings. The number of amides is 1. The number of aromatic nitrogens is 1. The molecule has 0 N–H and O–H groups in total. The van der Waals surface area contributed by atoms with Crippen LogP contribution in [-0.4, -0.2) is 38.0 Å². The minimum Gasteiger partial charge on any atom is -0.493 e. The molecule has 1 aliphatic heterocycles. The summed E-state index contributed by atoms with van der Waals surface area (Å²) in [7, 11) is 4.64. The predicted octanol–water partition coefficient (Wildman–Crippen LogP) is 3.64. The molecule has 7 heteroatoms. The fraction of sp³-hybridized carbons (Fsp3) is 0.348. The second-order valence-corrected chi connectivity index (χ2v) is 7.29. The summed E-state index contributed by atoms with van der Waals surface area (Å²) in [6, 6.07) is 7.28. The van der Waals surface area contributed by atoms with E-state index >= 15 is 0 Å². The zero-order valence-electron chi connectivity index (χ0n) is 17.3. The zero-order valence-corrected chi connectivity index (χ0v) is 17.3. The van der Waals surface area contributed by atoms with Gasteiger partial charge in [0, 0.05) is 36.2 Å². The van der Waals surface area contributed by atoms with Crippen LogP contribution in [0.15, 0.2) is 47.9 Å². The Bertz CT molecular complexity index is 991. The van der Waals surface area contributed by atoms with Gasteiger partial charge in [-0.3, -0.25) is 19.5 Å². The van der Waals surface area contributed by atoms with Crippen LogP contribution in [0, 0.1) is 0 Å². The van der Waals surface area contributed by atoms with Crippen LogP contribution in [0.5, 0.6) is 17.2 Å². The third-order valence-corrected chi connectivity index (χ3v) is 5.67. The number of anilines is 1. The van der Waals surface area contributed by atoms with Crippen molar-refractivity contribution < 1.29 is 23.8 Å². The molecule has 1 aromatic carbocycles. The Morgan fingerprint density at radius 3 is 2.37 bits per heavy atom. The second kappa shape index (κ2) is 8.18. The van der Waals surface area contributed by atoms with E-state index in [-0.39, 0.29) is 24.0 Å². The minimum atomic E-state index is -0.359. The molecule has 0 spiro atoms. The number of hydrogen-bond acceptors (Lipinski definition) is 6. The monoisotopic (exact) mass is 408 g/mol. The van der Waals surface area contributed by atoms with Crippen molar-refractivity contribution >= 4 is 17.4 Å². The molecule has 7 nitrogen and oxygen atoms in total. The number of methoxy groups -OCH3 is 3. The van der Waals surface area contributed by atoms with Crippen molar-refractivity contribution in [2.45, 2.75) is 31.6 Å². The lowest BCUT2D eigenvalue weighted by molar-refractivity contribution is -0.119. The molecule has 2 aliphatic rings. The van der Waals surface area contributed by atoms with Crippen LogP contribution in [0.2, 0.25) is 0 Å². The first-order valence-electron chi connectivity index (χ1n) is 9.88. The molecule has 0 bridgehead atoms. The summed E-state index contributed by atoms with van der Waals surface area (Å²) in [5.74, 6) is 1.14. The van der Waals surface area contributed by atoms with Crippen molar-refractivity contribution in [3.8, 4) is 17.2 Å². The first kappa shape index (κ1) is 19.9. The molecule has 0 fully saturated rings. The first-order chi connectivity index (χ1) is 14.6. The smallest absolute Gasteiger partial charge is 0.232 e. The molecule has 1 aromatic heterocycles. The maximum atomic E-state index is 13.2. The molecule has 1 unspecified atom stereocenters. The highest BCUT2D eigenvalue weighted by molar-refractivity contribution is 6.07. The van der Waals surface area contributed by atoms with Gasteiger partial charge in [0.05, 0.1) is 33.2 Å². The molecule has 30 heavy (non-hydrogen) atoms. The van der Waals surface area contributed by atoms with Crippen LogP contribution in [0.25, 0.3) is 0 Å². The minimum absolute atomic E-state index is 0.0600. The number of carbonyl (C=O) groups is 2. The molecule has 0 radical (unpaired) electrons. The van der Waals surface area contributed by atoms with Crippen LogP contribution in [0.3, 0.4) is 0 Å². The van der Waals surface area contributed by atoms with Crippen molar-refractivity contribution in [3.63, 3.8) is 0 Å². The Labute approximate surface area is 175 Å². The highest BCUT2D eigenvalue weighted by Gasteiger charge is 2.40. The number of ketones is 1. The van der Waals surface area contributed by atoms with Gasteiger partial charge in [-0.2, -0.15) is 0 Å². The van der Waals surface area contributed by atoms with Crippen LogP contribution >= 0.6 is 0 Å². The third kappa shape index (κ3) is 3.30. The Morgan fingerprint density at radius 1 is 1.03 bits per heavy atom. The number of nitrogens with zero attached hydrogens (tertiary/aromatic N) is 2. The second-order valence-electron chi connectivity index (χ2n) is 7.29. The van der Waals surface area contributed by atoms with Gasteiger partial charge < -0.3 is 14.2 Å². The van der Waals surface area contributed by atoms with Crippen molar-refractivity contribution in [1.82, 2.24) is 4.98 Å². The summed E-state index contributed by atoms with van der Waals surface area (Å²) < 4.78 is 16.4. The summed E-state index contributed by atoms with van der Waals surface area (Å²) >= 11 is 0. The van der Waals surface area contributed by atoms with E-state index in [1.165, 1.54) is 0 Å². The lowest BCUT2D eigenvalue weighted by atomic mass is 9.77. The summed E-state index contributed by atoms with van der Waals surface area (Å²) in [4.78, 5) is 32.1. The van der Waals surface area contributed by atoms with Crippen LogP contribution in [-0.2, 0) is 9.59 Å². The Hall–Kier alpha value is -3.35. The molecule has 0 saturated heterocycles. The van der Waals surface area contributed by atoms with Crippen molar-refractivity contribution in [2.24, 2.45) is 0 Å². The quantitative estimate of drug-likeness (QED) is 0.752. The van der Waals surface area contributed by atoms with Gasteiger partial charge in [0.2, 0.25) is 11.7 Å². The Balaban J connectivity index is 1.88. The lowest BCUT2D eigenvalue weighted by Crippen LogP contribution is -2.40. The lowest BCUT2D eigenvalue weighted by Gasteiger charge is -2.38. The van der Waals surface area contributed by atoms with E-state index in [0.29, 0.717) is 41.4 Å². The van der Waals surface area contributed by atoms with Crippen LogP contribution < -0.4 is 19.1 Å². The highest BCUT2D eigenvalue weighted by atomic mass is 16.5. The largest absolute Gasteiger partial charge is 0.493 e. The van der Waals surface area contributed by atoms with E-state index in [2.05, 4.69) is 4.98 Å². The van der Waals surface area contributed by atoms with Crippen molar-refractivity contribution in [2.75, 3.05) is 26.2 Å². The molecule has 1 amide bonds. The van der Waals surface area contributed by atoms with E-state index in [0.717, 1.165) is 17.7 Å². The molecular formula is C23H24N2O5. The van der Waals surface area contributed by atoms with Gasteiger partial charge in [0.25, 0.3) is 0 Å². The number of ether oxygens (including phenoxy) is 3. The molecule has 2 heterocycles. The number of carbonyl (C=O) groups excluding carboxylic acids is 2. The number of allylic oxidation sites excluding steroid dienone is 2. The van der Waals surface area contributed by atoms with E-state index in [9.17, 15) is 9.59 Å². The van der Waals surface area contributed by atoms with Crippen LogP contribution in [0.1, 0.15) is 37.2 Å². The molecule has 1 atom stereocenters. The SMILES string of the molecule is COc1cc(C2CC(=O)N(c3cccnc3)C3=C2C(=O)CCC3)cc(OC)c1OC. The summed E-state index contributed by atoms with van der Waals surface area (Å²) in [6.45, 7) is 0. The zero-order chi connectivity index (χ0) is 21.3. The van der Waals surface area contributed by atoms with E-state index in [1.54, 1.807) is 44.7 Å². The van der Waals surface area contributed by atoms with Gasteiger partial charge in [-0.1, -0.05) is 0 Å². The van der Waals surface area contributed by atoms with Gasteiger partial charge in [-0.25, -0.2) is 0 Å². The van der Waals surface area contributed by atoms with Gasteiger partial charge in [0.1, 0.15) is 0 Å². The maximum Gasteiger partial charge on any atom is 0.232 e. The predicted molar refractivity (Wildman–Crippen MR) is 111 cm³/mol. The Kier molecular flexibility index (Phi) is 5.44. The van der Waals surface area contributed by atoms with Gasteiger partial charge in [0.15, 0.2) is 17.3 Å². The standard InChI is InChI=1S/C23H24N2O5/c1-28-19-10-14(11-20(29-2)23(19)30-3)16-12-21(27)25(15-6-5-9-24-13-15)17-7-4-8-18(26)22(16)17/h5-6,9-11,13,16H,4,7-8,12H2,1-3H3. The average Bonchev–Trinajstić information content (AvgIpc) is 2.78. The molecular weight excluding hydrogens is 384 g/mol. The fourth-order valence-corrected chi connectivity index (χ4v) is 4.37.